The van der Waals surface area contributed by atoms with Crippen LogP contribution in [0.1, 0.15) is 52.4 Å². The molecule has 0 radical (unpaired) electrons. The van der Waals surface area contributed by atoms with Gasteiger partial charge in [-0.25, -0.2) is 0 Å². The zero-order valence-electron chi connectivity index (χ0n) is 7.86. The van der Waals surface area contributed by atoms with Gasteiger partial charge in [0, 0.05) is 4.75 Å². The standard InChI is InChI=1S/C10H20S/c1-3-6-10(7-4-2)8-5-9-11-10/h3-9H2,1-2H3. The Morgan fingerprint density at radius 1 is 1.18 bits per heavy atom. The van der Waals surface area contributed by atoms with Crippen LogP contribution in [0.5, 0.6) is 0 Å². The van der Waals surface area contributed by atoms with Crippen molar-refractivity contribution in [2.24, 2.45) is 0 Å². The van der Waals surface area contributed by atoms with Gasteiger partial charge in [-0.3, -0.25) is 0 Å². The summed E-state index contributed by atoms with van der Waals surface area (Å²) in [4.78, 5) is 0. The van der Waals surface area contributed by atoms with Gasteiger partial charge in [0.25, 0.3) is 0 Å². The highest BCUT2D eigenvalue weighted by atomic mass is 32.2. The molecule has 1 saturated heterocycles. The van der Waals surface area contributed by atoms with Gasteiger partial charge >= 0.3 is 0 Å². The summed E-state index contributed by atoms with van der Waals surface area (Å²) in [6.07, 6.45) is 8.58. The quantitative estimate of drug-likeness (QED) is 0.620. The third kappa shape index (κ3) is 2.40. The maximum Gasteiger partial charge on any atom is 0.0160 e. The van der Waals surface area contributed by atoms with Crippen molar-refractivity contribution in [1.82, 2.24) is 0 Å². The van der Waals surface area contributed by atoms with Gasteiger partial charge in [0.05, 0.1) is 0 Å². The molecule has 0 aromatic heterocycles. The summed E-state index contributed by atoms with van der Waals surface area (Å²) in [6.45, 7) is 4.63. The van der Waals surface area contributed by atoms with E-state index in [0.29, 0.717) is 4.75 Å². The lowest BCUT2D eigenvalue weighted by atomic mass is 9.93. The average Bonchev–Trinajstić information content (AvgIpc) is 2.39. The Morgan fingerprint density at radius 2 is 1.82 bits per heavy atom. The molecule has 0 amide bonds. The minimum absolute atomic E-state index is 0.712. The topological polar surface area (TPSA) is 0 Å². The number of hydrogen-bond acceptors (Lipinski definition) is 1. The summed E-state index contributed by atoms with van der Waals surface area (Å²) < 4.78 is 0.712. The van der Waals surface area contributed by atoms with Gasteiger partial charge < -0.3 is 0 Å². The van der Waals surface area contributed by atoms with Gasteiger partial charge in [-0.15, -0.1) is 0 Å². The Labute approximate surface area is 75.1 Å². The molecular formula is C10H20S. The van der Waals surface area contributed by atoms with Crippen molar-refractivity contribution in [2.45, 2.75) is 57.1 Å². The molecule has 1 rings (SSSR count). The van der Waals surface area contributed by atoms with E-state index in [1.54, 1.807) is 0 Å². The summed E-state index contributed by atoms with van der Waals surface area (Å²) >= 11 is 2.24. The molecule has 0 spiro atoms. The van der Waals surface area contributed by atoms with Gasteiger partial charge in [0.2, 0.25) is 0 Å². The molecule has 1 aliphatic rings. The highest BCUT2D eigenvalue weighted by Crippen LogP contribution is 2.44. The van der Waals surface area contributed by atoms with Crippen molar-refractivity contribution >= 4 is 11.8 Å². The molecule has 1 heterocycles. The first-order chi connectivity index (χ1) is 5.33. The zero-order chi connectivity index (χ0) is 8.16. The molecule has 0 aliphatic carbocycles. The summed E-state index contributed by atoms with van der Waals surface area (Å²) in [5.41, 5.74) is 0. The van der Waals surface area contributed by atoms with E-state index in [4.69, 9.17) is 0 Å². The molecule has 66 valence electrons. The first kappa shape index (κ1) is 9.44. The third-order valence-corrected chi connectivity index (χ3v) is 4.31. The fourth-order valence-corrected chi connectivity index (χ4v) is 3.89. The van der Waals surface area contributed by atoms with Gasteiger partial charge in [-0.2, -0.15) is 11.8 Å². The largest absolute Gasteiger partial charge is 0.155 e. The highest BCUT2D eigenvalue weighted by Gasteiger charge is 2.32. The van der Waals surface area contributed by atoms with E-state index in [1.165, 1.54) is 44.3 Å². The van der Waals surface area contributed by atoms with Crippen molar-refractivity contribution in [3.05, 3.63) is 0 Å². The lowest BCUT2D eigenvalue weighted by molar-refractivity contribution is 0.473. The van der Waals surface area contributed by atoms with E-state index in [2.05, 4.69) is 25.6 Å². The maximum atomic E-state index is 2.32. The molecule has 0 saturated carbocycles. The first-order valence-electron chi connectivity index (χ1n) is 4.97. The van der Waals surface area contributed by atoms with E-state index >= 15 is 0 Å². The van der Waals surface area contributed by atoms with Crippen LogP contribution in [0, 0.1) is 0 Å². The third-order valence-electron chi connectivity index (χ3n) is 2.60. The SMILES string of the molecule is CCCC1(CCC)CCCS1. The first-order valence-corrected chi connectivity index (χ1v) is 5.95. The van der Waals surface area contributed by atoms with Gasteiger partial charge in [-0.1, -0.05) is 26.7 Å². The van der Waals surface area contributed by atoms with Crippen LogP contribution >= 0.6 is 11.8 Å². The predicted octanol–water partition coefficient (Wildman–Crippen LogP) is 3.85. The van der Waals surface area contributed by atoms with E-state index in [9.17, 15) is 0 Å². The van der Waals surface area contributed by atoms with Crippen molar-refractivity contribution in [2.75, 3.05) is 5.75 Å². The van der Waals surface area contributed by atoms with Crippen molar-refractivity contribution in [3.63, 3.8) is 0 Å². The monoisotopic (exact) mass is 172 g/mol. The van der Waals surface area contributed by atoms with Crippen LogP contribution < -0.4 is 0 Å². The Balaban J connectivity index is 2.40. The molecule has 1 aliphatic heterocycles. The molecule has 0 N–H and O–H groups in total. The minimum Gasteiger partial charge on any atom is -0.155 e. The van der Waals surface area contributed by atoms with Crippen LogP contribution in [-0.4, -0.2) is 10.5 Å². The van der Waals surface area contributed by atoms with E-state index in [0.717, 1.165) is 0 Å². The molecular weight excluding hydrogens is 152 g/mol. The molecule has 1 heteroatoms. The van der Waals surface area contributed by atoms with Gasteiger partial charge in [0.15, 0.2) is 0 Å². The fraction of sp³-hybridized carbons (Fsp3) is 1.00. The van der Waals surface area contributed by atoms with Crippen molar-refractivity contribution < 1.29 is 0 Å². The van der Waals surface area contributed by atoms with Crippen molar-refractivity contribution in [3.8, 4) is 0 Å². The second kappa shape index (κ2) is 4.39. The Hall–Kier alpha value is 0.350. The molecule has 0 unspecified atom stereocenters. The summed E-state index contributed by atoms with van der Waals surface area (Å²) in [5.74, 6) is 1.42. The van der Waals surface area contributed by atoms with Crippen LogP contribution in [0.4, 0.5) is 0 Å². The molecule has 0 nitrogen and oxygen atoms in total. The second-order valence-corrected chi connectivity index (χ2v) is 5.20. The van der Waals surface area contributed by atoms with Crippen LogP contribution in [-0.2, 0) is 0 Å². The highest BCUT2D eigenvalue weighted by molar-refractivity contribution is 8.00. The Bertz CT molecular complexity index is 95.4. The second-order valence-electron chi connectivity index (χ2n) is 3.64. The summed E-state index contributed by atoms with van der Waals surface area (Å²) in [7, 11) is 0. The fourth-order valence-electron chi connectivity index (χ4n) is 2.19. The van der Waals surface area contributed by atoms with Gasteiger partial charge in [-0.05, 0) is 31.4 Å². The Kier molecular flexibility index (Phi) is 3.77. The molecule has 0 bridgehead atoms. The zero-order valence-corrected chi connectivity index (χ0v) is 8.67. The van der Waals surface area contributed by atoms with Crippen LogP contribution in [0.15, 0.2) is 0 Å². The van der Waals surface area contributed by atoms with E-state index < -0.39 is 0 Å². The van der Waals surface area contributed by atoms with E-state index in [1.807, 2.05) is 0 Å². The normalized spacial score (nSPS) is 22.4. The predicted molar refractivity (Wildman–Crippen MR) is 54.2 cm³/mol. The average molecular weight is 172 g/mol. The molecule has 11 heavy (non-hydrogen) atoms. The number of rotatable bonds is 4. The Morgan fingerprint density at radius 3 is 2.18 bits per heavy atom. The summed E-state index contributed by atoms with van der Waals surface area (Å²) in [6, 6.07) is 0. The van der Waals surface area contributed by atoms with E-state index in [-0.39, 0.29) is 0 Å². The number of thioether (sulfide) groups is 1. The minimum atomic E-state index is 0.712. The smallest absolute Gasteiger partial charge is 0.0160 e. The van der Waals surface area contributed by atoms with Crippen molar-refractivity contribution in [1.29, 1.82) is 0 Å². The summed E-state index contributed by atoms with van der Waals surface area (Å²) in [5, 5.41) is 0. The van der Waals surface area contributed by atoms with Gasteiger partial charge in [0.1, 0.15) is 0 Å². The molecule has 0 aromatic rings. The molecule has 0 atom stereocenters. The lowest BCUT2D eigenvalue weighted by Gasteiger charge is -2.26. The van der Waals surface area contributed by atoms with Crippen LogP contribution in [0.2, 0.25) is 0 Å². The number of hydrogen-bond donors (Lipinski definition) is 0. The lowest BCUT2D eigenvalue weighted by Crippen LogP contribution is -2.19. The maximum absolute atomic E-state index is 2.32. The van der Waals surface area contributed by atoms with Crippen LogP contribution in [0.25, 0.3) is 0 Å². The van der Waals surface area contributed by atoms with Crippen LogP contribution in [0.3, 0.4) is 0 Å². The molecule has 1 fully saturated rings. The molecule has 0 aromatic carbocycles.